The molecule has 0 atom stereocenters. The molecule has 1 aromatic carbocycles. The molecule has 5 heteroatoms. The van der Waals surface area contributed by atoms with Crippen LogP contribution in [0.2, 0.25) is 0 Å². The Labute approximate surface area is 109 Å². The van der Waals surface area contributed by atoms with Crippen molar-refractivity contribution in [3.8, 4) is 0 Å². The molecule has 3 aromatic rings. The Kier molecular flexibility index (Phi) is 2.80. The van der Waals surface area contributed by atoms with E-state index in [9.17, 15) is 0 Å². The predicted molar refractivity (Wildman–Crippen MR) is 69.6 cm³/mol. The van der Waals surface area contributed by atoms with Gasteiger partial charge in [-0.25, -0.2) is 4.98 Å². The Morgan fingerprint density at radius 3 is 2.94 bits per heavy atom. The van der Waals surface area contributed by atoms with Gasteiger partial charge in [0.2, 0.25) is 0 Å². The maximum Gasteiger partial charge on any atom is 0.156 e. The predicted octanol–water partition coefficient (Wildman–Crippen LogP) is 3.12. The first-order valence-corrected chi connectivity index (χ1v) is 6.22. The van der Waals surface area contributed by atoms with Gasteiger partial charge in [-0.1, -0.05) is 11.2 Å². The van der Waals surface area contributed by atoms with E-state index in [0.29, 0.717) is 12.4 Å². The summed E-state index contributed by atoms with van der Waals surface area (Å²) in [5.41, 5.74) is 3.22. The third-order valence-electron chi connectivity index (χ3n) is 2.91. The Hall–Kier alpha value is -1.81. The van der Waals surface area contributed by atoms with E-state index in [1.807, 2.05) is 18.2 Å². The van der Waals surface area contributed by atoms with Crippen molar-refractivity contribution in [1.82, 2.24) is 14.7 Å². The summed E-state index contributed by atoms with van der Waals surface area (Å²) in [4.78, 5) is 4.52. The lowest BCUT2D eigenvalue weighted by atomic mass is 10.2. The van der Waals surface area contributed by atoms with E-state index in [1.165, 1.54) is 5.56 Å². The summed E-state index contributed by atoms with van der Waals surface area (Å²) in [6.45, 7) is 2.66. The molecule has 0 aliphatic heterocycles. The molecule has 18 heavy (non-hydrogen) atoms. The van der Waals surface area contributed by atoms with E-state index in [4.69, 9.17) is 16.1 Å². The molecule has 4 nitrogen and oxygen atoms in total. The summed E-state index contributed by atoms with van der Waals surface area (Å²) in [7, 11) is 0. The molecule has 0 N–H and O–H groups in total. The molecule has 0 spiro atoms. The van der Waals surface area contributed by atoms with Crippen molar-refractivity contribution in [1.29, 1.82) is 0 Å². The van der Waals surface area contributed by atoms with Crippen LogP contribution in [0, 0.1) is 6.92 Å². The highest BCUT2D eigenvalue weighted by atomic mass is 35.5. The van der Waals surface area contributed by atoms with E-state index in [2.05, 4.69) is 27.7 Å². The molecule has 0 radical (unpaired) electrons. The Bertz CT molecular complexity index is 673. The molecular weight excluding hydrogens is 250 g/mol. The van der Waals surface area contributed by atoms with Gasteiger partial charge in [-0.15, -0.1) is 11.6 Å². The van der Waals surface area contributed by atoms with Crippen molar-refractivity contribution in [3.05, 3.63) is 47.6 Å². The largest absolute Gasteiger partial charge is 0.359 e. The highest BCUT2D eigenvalue weighted by Gasteiger charge is 2.11. The fourth-order valence-corrected chi connectivity index (χ4v) is 2.24. The highest BCUT2D eigenvalue weighted by molar-refractivity contribution is 6.16. The lowest BCUT2D eigenvalue weighted by Gasteiger charge is -2.05. The molecule has 0 amide bonds. The first-order valence-electron chi connectivity index (χ1n) is 5.69. The van der Waals surface area contributed by atoms with Gasteiger partial charge in [-0.05, 0) is 24.6 Å². The maximum absolute atomic E-state index is 5.95. The molecule has 2 aromatic heterocycles. The molecule has 0 saturated carbocycles. The maximum atomic E-state index is 5.95. The molecular formula is C13H12ClN3O. The zero-order valence-corrected chi connectivity index (χ0v) is 10.7. The summed E-state index contributed by atoms with van der Waals surface area (Å²) >= 11 is 5.95. The molecule has 0 bridgehead atoms. The number of hydrogen-bond acceptors (Lipinski definition) is 3. The average molecular weight is 262 g/mol. The van der Waals surface area contributed by atoms with E-state index in [0.717, 1.165) is 22.6 Å². The van der Waals surface area contributed by atoms with Gasteiger partial charge in [0.25, 0.3) is 0 Å². The lowest BCUT2D eigenvalue weighted by Crippen LogP contribution is -2.03. The van der Waals surface area contributed by atoms with Crippen LogP contribution < -0.4 is 0 Å². The SMILES string of the molecule is Cc1ccc2nc(CCl)n(Cc3ccno3)c2c1. The van der Waals surface area contributed by atoms with Gasteiger partial charge < -0.3 is 9.09 Å². The summed E-state index contributed by atoms with van der Waals surface area (Å²) in [5.74, 6) is 2.01. The molecule has 0 unspecified atom stereocenters. The fraction of sp³-hybridized carbons (Fsp3) is 0.231. The standard InChI is InChI=1S/C13H12ClN3O/c1-9-2-3-11-12(6-9)17(13(7-14)16-11)8-10-4-5-15-18-10/h2-6H,7-8H2,1H3. The molecule has 0 aliphatic carbocycles. The van der Waals surface area contributed by atoms with Gasteiger partial charge >= 0.3 is 0 Å². The molecule has 3 rings (SSSR count). The topological polar surface area (TPSA) is 43.9 Å². The van der Waals surface area contributed by atoms with Gasteiger partial charge in [0.1, 0.15) is 5.82 Å². The molecule has 92 valence electrons. The van der Waals surface area contributed by atoms with Crippen LogP contribution in [0.5, 0.6) is 0 Å². The lowest BCUT2D eigenvalue weighted by molar-refractivity contribution is 0.376. The Morgan fingerprint density at radius 2 is 2.22 bits per heavy atom. The van der Waals surface area contributed by atoms with Gasteiger partial charge in [0, 0.05) is 6.07 Å². The summed E-state index contributed by atoms with van der Waals surface area (Å²) in [6.07, 6.45) is 1.64. The number of aromatic nitrogens is 3. The zero-order chi connectivity index (χ0) is 12.5. The van der Waals surface area contributed by atoms with Gasteiger partial charge in [0.05, 0.1) is 29.7 Å². The number of benzene rings is 1. The van der Waals surface area contributed by atoms with Crippen LogP contribution in [0.15, 0.2) is 35.0 Å². The van der Waals surface area contributed by atoms with Crippen LogP contribution in [-0.2, 0) is 12.4 Å². The van der Waals surface area contributed by atoms with Gasteiger partial charge in [-0.2, -0.15) is 0 Å². The second-order valence-electron chi connectivity index (χ2n) is 4.22. The van der Waals surface area contributed by atoms with Crippen molar-refractivity contribution in [2.24, 2.45) is 0 Å². The van der Waals surface area contributed by atoms with Crippen molar-refractivity contribution in [3.63, 3.8) is 0 Å². The van der Waals surface area contributed by atoms with Gasteiger partial charge in [0.15, 0.2) is 5.76 Å². The quantitative estimate of drug-likeness (QED) is 0.681. The molecule has 0 aliphatic rings. The Balaban J connectivity index is 2.15. The normalized spacial score (nSPS) is 11.2. The third-order valence-corrected chi connectivity index (χ3v) is 3.15. The highest BCUT2D eigenvalue weighted by Crippen LogP contribution is 2.20. The minimum atomic E-state index is 0.377. The van der Waals surface area contributed by atoms with E-state index >= 15 is 0 Å². The minimum Gasteiger partial charge on any atom is -0.359 e. The summed E-state index contributed by atoms with van der Waals surface area (Å²) in [5, 5.41) is 3.71. The number of imidazole rings is 1. The van der Waals surface area contributed by atoms with Crippen LogP contribution in [0.4, 0.5) is 0 Å². The number of hydrogen-bond donors (Lipinski definition) is 0. The smallest absolute Gasteiger partial charge is 0.156 e. The molecule has 0 fully saturated rings. The first kappa shape index (κ1) is 11.3. The number of alkyl halides is 1. The number of aryl methyl sites for hydroxylation is 1. The van der Waals surface area contributed by atoms with Crippen molar-refractivity contribution in [2.45, 2.75) is 19.3 Å². The zero-order valence-electron chi connectivity index (χ0n) is 9.93. The molecule has 2 heterocycles. The summed E-state index contributed by atoms with van der Waals surface area (Å²) in [6, 6.07) is 8.01. The van der Waals surface area contributed by atoms with Gasteiger partial charge in [-0.3, -0.25) is 0 Å². The Morgan fingerprint density at radius 1 is 1.33 bits per heavy atom. The van der Waals surface area contributed by atoms with E-state index in [-0.39, 0.29) is 0 Å². The minimum absolute atomic E-state index is 0.377. The van der Waals surface area contributed by atoms with Crippen molar-refractivity contribution < 1.29 is 4.52 Å². The van der Waals surface area contributed by atoms with Crippen LogP contribution in [-0.4, -0.2) is 14.7 Å². The van der Waals surface area contributed by atoms with Crippen LogP contribution in [0.1, 0.15) is 17.1 Å². The average Bonchev–Trinajstić information content (AvgIpc) is 2.98. The third kappa shape index (κ3) is 1.88. The first-order chi connectivity index (χ1) is 8.78. The van der Waals surface area contributed by atoms with Crippen LogP contribution >= 0.6 is 11.6 Å². The number of fused-ring (bicyclic) bond motifs is 1. The second kappa shape index (κ2) is 4.46. The van der Waals surface area contributed by atoms with Crippen molar-refractivity contribution in [2.75, 3.05) is 0 Å². The second-order valence-corrected chi connectivity index (χ2v) is 4.49. The number of halogens is 1. The van der Waals surface area contributed by atoms with Crippen molar-refractivity contribution >= 4 is 22.6 Å². The van der Waals surface area contributed by atoms with E-state index in [1.54, 1.807) is 6.20 Å². The molecule has 0 saturated heterocycles. The number of rotatable bonds is 3. The van der Waals surface area contributed by atoms with Crippen LogP contribution in [0.25, 0.3) is 11.0 Å². The monoisotopic (exact) mass is 261 g/mol. The van der Waals surface area contributed by atoms with E-state index < -0.39 is 0 Å². The van der Waals surface area contributed by atoms with Crippen LogP contribution in [0.3, 0.4) is 0 Å². The summed E-state index contributed by atoms with van der Waals surface area (Å²) < 4.78 is 7.21. The fourth-order valence-electron chi connectivity index (χ4n) is 2.04. The number of nitrogens with zero attached hydrogens (tertiary/aromatic N) is 3.